The summed E-state index contributed by atoms with van der Waals surface area (Å²) < 4.78 is 1.77. The van der Waals surface area contributed by atoms with Crippen LogP contribution in [0.2, 0.25) is 0 Å². The van der Waals surface area contributed by atoms with Crippen LogP contribution in [0, 0.1) is 0 Å². The Morgan fingerprint density at radius 1 is 1.28 bits per heavy atom. The number of hydrogen-bond donors (Lipinski definition) is 1. The van der Waals surface area contributed by atoms with Crippen LogP contribution in [0.15, 0.2) is 59.8 Å². The number of aromatic nitrogens is 3. The van der Waals surface area contributed by atoms with Crippen molar-refractivity contribution in [2.75, 3.05) is 6.54 Å². The molecule has 1 amide bonds. The van der Waals surface area contributed by atoms with E-state index in [1.54, 1.807) is 15.6 Å². The Labute approximate surface area is 144 Å². The van der Waals surface area contributed by atoms with Gasteiger partial charge in [-0.1, -0.05) is 24.3 Å². The standard InChI is InChI=1S/C19H18N4O2/c1-22-10-15(9-21-22)17-12-23(11-14-4-2-3-5-16(14)17)19(25)13-6-7-20-18(24)8-13/h2-10,17H,11-12H2,1H3,(H,20,24). The zero-order valence-electron chi connectivity index (χ0n) is 13.8. The molecule has 126 valence electrons. The van der Waals surface area contributed by atoms with E-state index in [1.807, 2.05) is 31.6 Å². The van der Waals surface area contributed by atoms with Crippen LogP contribution in [-0.4, -0.2) is 32.1 Å². The fourth-order valence-corrected chi connectivity index (χ4v) is 3.43. The Morgan fingerprint density at radius 3 is 2.88 bits per heavy atom. The minimum absolute atomic E-state index is 0.0737. The first-order valence-corrected chi connectivity index (χ1v) is 8.16. The number of nitrogens with zero attached hydrogens (tertiary/aromatic N) is 3. The molecule has 1 aliphatic rings. The highest BCUT2D eigenvalue weighted by Crippen LogP contribution is 2.33. The van der Waals surface area contributed by atoms with E-state index in [0.717, 1.165) is 11.1 Å². The molecule has 1 unspecified atom stereocenters. The number of H-pyrrole nitrogens is 1. The molecular weight excluding hydrogens is 316 g/mol. The maximum absolute atomic E-state index is 12.9. The highest BCUT2D eigenvalue weighted by molar-refractivity contribution is 5.94. The number of benzene rings is 1. The Morgan fingerprint density at radius 2 is 2.12 bits per heavy atom. The molecule has 0 saturated heterocycles. The van der Waals surface area contributed by atoms with E-state index in [2.05, 4.69) is 22.2 Å². The molecule has 3 heterocycles. The van der Waals surface area contributed by atoms with Gasteiger partial charge in [0, 0.05) is 50.1 Å². The minimum atomic E-state index is -0.271. The topological polar surface area (TPSA) is 71.0 Å². The van der Waals surface area contributed by atoms with Gasteiger partial charge in [0.25, 0.3) is 5.91 Å². The van der Waals surface area contributed by atoms with Gasteiger partial charge < -0.3 is 9.88 Å². The van der Waals surface area contributed by atoms with Gasteiger partial charge in [0.1, 0.15) is 0 Å². The number of nitrogens with one attached hydrogen (secondary N) is 1. The first-order chi connectivity index (χ1) is 12.1. The zero-order valence-corrected chi connectivity index (χ0v) is 13.8. The summed E-state index contributed by atoms with van der Waals surface area (Å²) in [4.78, 5) is 28.8. The summed E-state index contributed by atoms with van der Waals surface area (Å²) in [6.07, 6.45) is 5.34. The van der Waals surface area contributed by atoms with Crippen LogP contribution < -0.4 is 5.56 Å². The third-order valence-electron chi connectivity index (χ3n) is 4.63. The molecule has 6 nitrogen and oxygen atoms in total. The molecule has 6 heteroatoms. The van der Waals surface area contributed by atoms with Crippen LogP contribution in [-0.2, 0) is 13.6 Å². The Balaban J connectivity index is 1.72. The van der Waals surface area contributed by atoms with Gasteiger partial charge in [0.15, 0.2) is 0 Å². The van der Waals surface area contributed by atoms with E-state index in [4.69, 9.17) is 0 Å². The largest absolute Gasteiger partial charge is 0.333 e. The zero-order chi connectivity index (χ0) is 17.4. The van der Waals surface area contributed by atoms with Crippen LogP contribution in [0.25, 0.3) is 0 Å². The molecule has 1 aliphatic heterocycles. The average molecular weight is 334 g/mol. The van der Waals surface area contributed by atoms with Crippen molar-refractivity contribution in [2.45, 2.75) is 12.5 Å². The smallest absolute Gasteiger partial charge is 0.254 e. The lowest BCUT2D eigenvalue weighted by Gasteiger charge is -2.34. The van der Waals surface area contributed by atoms with Crippen molar-refractivity contribution in [3.63, 3.8) is 0 Å². The van der Waals surface area contributed by atoms with Crippen LogP contribution in [0.4, 0.5) is 0 Å². The predicted molar refractivity (Wildman–Crippen MR) is 93.3 cm³/mol. The molecule has 1 N–H and O–H groups in total. The second kappa shape index (κ2) is 6.05. The van der Waals surface area contributed by atoms with Gasteiger partial charge in [-0.25, -0.2) is 0 Å². The third kappa shape index (κ3) is 2.87. The van der Waals surface area contributed by atoms with Crippen molar-refractivity contribution < 1.29 is 4.79 Å². The summed E-state index contributed by atoms with van der Waals surface area (Å²) in [5.74, 6) is -0.0564. The van der Waals surface area contributed by atoms with Crippen molar-refractivity contribution in [2.24, 2.45) is 7.05 Å². The van der Waals surface area contributed by atoms with Gasteiger partial charge in [0.2, 0.25) is 5.56 Å². The number of fused-ring (bicyclic) bond motifs is 1. The molecule has 2 aromatic heterocycles. The lowest BCUT2D eigenvalue weighted by Crippen LogP contribution is -2.38. The molecule has 3 aromatic rings. The highest BCUT2D eigenvalue weighted by atomic mass is 16.2. The predicted octanol–water partition coefficient (Wildman–Crippen LogP) is 1.90. The molecular formula is C19H18N4O2. The Hall–Kier alpha value is -3.15. The first kappa shape index (κ1) is 15.4. The van der Waals surface area contributed by atoms with E-state index < -0.39 is 0 Å². The molecule has 25 heavy (non-hydrogen) atoms. The maximum Gasteiger partial charge on any atom is 0.254 e. The van der Waals surface area contributed by atoms with Crippen LogP contribution in [0.3, 0.4) is 0 Å². The molecule has 0 aliphatic carbocycles. The minimum Gasteiger partial charge on any atom is -0.333 e. The number of amides is 1. The van der Waals surface area contributed by atoms with Crippen LogP contribution >= 0.6 is 0 Å². The molecule has 0 radical (unpaired) electrons. The molecule has 0 bridgehead atoms. The highest BCUT2D eigenvalue weighted by Gasteiger charge is 2.30. The first-order valence-electron chi connectivity index (χ1n) is 8.16. The van der Waals surface area contributed by atoms with Crippen molar-refractivity contribution in [1.82, 2.24) is 19.7 Å². The van der Waals surface area contributed by atoms with E-state index in [1.165, 1.54) is 17.8 Å². The molecule has 4 rings (SSSR count). The van der Waals surface area contributed by atoms with E-state index in [-0.39, 0.29) is 17.4 Å². The monoisotopic (exact) mass is 334 g/mol. The summed E-state index contributed by atoms with van der Waals surface area (Å²) in [6, 6.07) is 11.2. The summed E-state index contributed by atoms with van der Waals surface area (Å²) in [5.41, 5.74) is 3.57. The second-order valence-corrected chi connectivity index (χ2v) is 6.33. The van der Waals surface area contributed by atoms with Crippen molar-refractivity contribution >= 4 is 5.91 Å². The molecule has 0 fully saturated rings. The van der Waals surface area contributed by atoms with E-state index in [9.17, 15) is 9.59 Å². The summed E-state index contributed by atoms with van der Waals surface area (Å²) >= 11 is 0. The van der Waals surface area contributed by atoms with E-state index >= 15 is 0 Å². The Kier molecular flexibility index (Phi) is 3.72. The molecule has 1 aromatic carbocycles. The average Bonchev–Trinajstić information content (AvgIpc) is 3.06. The van der Waals surface area contributed by atoms with Gasteiger partial charge in [-0.3, -0.25) is 14.3 Å². The summed E-state index contributed by atoms with van der Waals surface area (Å²) in [6.45, 7) is 1.10. The van der Waals surface area contributed by atoms with E-state index in [0.29, 0.717) is 18.7 Å². The molecule has 1 atom stereocenters. The second-order valence-electron chi connectivity index (χ2n) is 6.33. The van der Waals surface area contributed by atoms with Crippen molar-refractivity contribution in [3.8, 4) is 0 Å². The normalized spacial score (nSPS) is 16.5. The molecule has 0 spiro atoms. The van der Waals surface area contributed by atoms with Gasteiger partial charge in [-0.05, 0) is 22.8 Å². The number of aryl methyl sites for hydroxylation is 1. The van der Waals surface area contributed by atoms with Crippen LogP contribution in [0.1, 0.15) is 33.0 Å². The number of carbonyl (C=O) groups is 1. The number of rotatable bonds is 2. The molecule has 0 saturated carbocycles. The lowest BCUT2D eigenvalue weighted by molar-refractivity contribution is 0.0724. The maximum atomic E-state index is 12.9. The number of carbonyl (C=O) groups excluding carboxylic acids is 1. The SMILES string of the molecule is Cn1cc(C2CN(C(=O)c3cc[nH]c(=O)c3)Cc3ccccc32)cn1. The third-order valence-corrected chi connectivity index (χ3v) is 4.63. The lowest BCUT2D eigenvalue weighted by atomic mass is 9.86. The number of hydrogen-bond acceptors (Lipinski definition) is 3. The van der Waals surface area contributed by atoms with Crippen molar-refractivity contribution in [1.29, 1.82) is 0 Å². The fraction of sp³-hybridized carbons (Fsp3) is 0.211. The van der Waals surface area contributed by atoms with Gasteiger partial charge in [-0.2, -0.15) is 5.10 Å². The number of pyridine rings is 1. The van der Waals surface area contributed by atoms with Crippen LogP contribution in [0.5, 0.6) is 0 Å². The van der Waals surface area contributed by atoms with Gasteiger partial charge >= 0.3 is 0 Å². The quantitative estimate of drug-likeness (QED) is 0.778. The van der Waals surface area contributed by atoms with Gasteiger partial charge in [-0.15, -0.1) is 0 Å². The Bertz CT molecular complexity index is 989. The van der Waals surface area contributed by atoms with Crippen molar-refractivity contribution in [3.05, 3.63) is 87.6 Å². The van der Waals surface area contributed by atoms with Gasteiger partial charge in [0.05, 0.1) is 6.20 Å². The summed E-state index contributed by atoms with van der Waals surface area (Å²) in [5, 5.41) is 4.27. The fourth-order valence-electron chi connectivity index (χ4n) is 3.43. The summed E-state index contributed by atoms with van der Waals surface area (Å²) in [7, 11) is 1.89. The number of aromatic amines is 1.